The predicted octanol–water partition coefficient (Wildman–Crippen LogP) is 2.70. The van der Waals surface area contributed by atoms with Gasteiger partial charge in [0.25, 0.3) is 5.91 Å². The van der Waals surface area contributed by atoms with E-state index in [4.69, 9.17) is 0 Å². The summed E-state index contributed by atoms with van der Waals surface area (Å²) in [5, 5.41) is 0. The molecule has 0 aliphatic carbocycles. The number of hydrogen-bond acceptors (Lipinski definition) is 5. The number of hydrogen-bond donors (Lipinski definition) is 0. The van der Waals surface area contributed by atoms with E-state index in [2.05, 4.69) is 35.8 Å². The minimum atomic E-state index is 0.0633. The van der Waals surface area contributed by atoms with Gasteiger partial charge in [0.05, 0.1) is 0 Å². The summed E-state index contributed by atoms with van der Waals surface area (Å²) < 4.78 is 2.84. The Bertz CT molecular complexity index is 964. The van der Waals surface area contributed by atoms with Crippen molar-refractivity contribution in [2.75, 3.05) is 31.1 Å². The molecule has 0 unspecified atom stereocenters. The monoisotopic (exact) mass is 426 g/mol. The molecule has 2 aromatic heterocycles. The average molecular weight is 427 g/mol. The van der Waals surface area contributed by atoms with Crippen molar-refractivity contribution >= 4 is 27.7 Å². The number of piperazine rings is 1. The van der Waals surface area contributed by atoms with E-state index in [1.54, 1.807) is 12.5 Å². The Labute approximate surface area is 165 Å². The van der Waals surface area contributed by atoms with Crippen molar-refractivity contribution in [3.63, 3.8) is 0 Å². The normalized spacial score (nSPS) is 14.4. The van der Waals surface area contributed by atoms with Gasteiger partial charge in [-0.25, -0.2) is 15.0 Å². The molecule has 3 aromatic rings. The van der Waals surface area contributed by atoms with Crippen LogP contribution in [-0.2, 0) is 0 Å². The number of halogens is 1. The minimum Gasteiger partial charge on any atom is -0.353 e. The van der Waals surface area contributed by atoms with Crippen LogP contribution in [0.3, 0.4) is 0 Å². The van der Waals surface area contributed by atoms with Crippen LogP contribution in [0.15, 0.2) is 53.5 Å². The number of imidazole rings is 1. The maximum Gasteiger partial charge on any atom is 0.254 e. The molecule has 7 nitrogen and oxygen atoms in total. The Morgan fingerprint density at radius 2 is 1.81 bits per heavy atom. The lowest BCUT2D eigenvalue weighted by Crippen LogP contribution is -2.49. The number of benzene rings is 1. The number of carbonyl (C=O) groups is 1. The van der Waals surface area contributed by atoms with Crippen LogP contribution in [0.25, 0.3) is 5.82 Å². The Hall–Kier alpha value is -2.74. The molecule has 1 aliphatic rings. The highest BCUT2D eigenvalue weighted by Gasteiger charge is 2.23. The molecule has 4 rings (SSSR count). The third-order valence-electron chi connectivity index (χ3n) is 4.67. The van der Waals surface area contributed by atoms with Gasteiger partial charge in [-0.3, -0.25) is 9.36 Å². The molecule has 1 aromatic carbocycles. The lowest BCUT2D eigenvalue weighted by Gasteiger charge is -2.35. The lowest BCUT2D eigenvalue weighted by molar-refractivity contribution is 0.0746. The molecule has 3 heterocycles. The lowest BCUT2D eigenvalue weighted by atomic mass is 10.2. The van der Waals surface area contributed by atoms with Crippen LogP contribution in [0, 0.1) is 6.92 Å². The van der Waals surface area contributed by atoms with Crippen molar-refractivity contribution in [3.05, 3.63) is 64.9 Å². The molecule has 1 amide bonds. The zero-order valence-corrected chi connectivity index (χ0v) is 16.5. The summed E-state index contributed by atoms with van der Waals surface area (Å²) in [6.07, 6.45) is 5.21. The highest BCUT2D eigenvalue weighted by Crippen LogP contribution is 2.19. The van der Waals surface area contributed by atoms with E-state index in [0.29, 0.717) is 18.7 Å². The number of anilines is 1. The van der Waals surface area contributed by atoms with Crippen LogP contribution < -0.4 is 4.90 Å². The van der Waals surface area contributed by atoms with E-state index in [1.165, 1.54) is 0 Å². The molecule has 0 saturated carbocycles. The smallest absolute Gasteiger partial charge is 0.254 e. The summed E-state index contributed by atoms with van der Waals surface area (Å²) in [6.45, 7) is 4.73. The summed E-state index contributed by atoms with van der Waals surface area (Å²) in [7, 11) is 0. The summed E-state index contributed by atoms with van der Waals surface area (Å²) in [6, 6.07) is 9.47. The van der Waals surface area contributed by atoms with Crippen molar-refractivity contribution in [2.24, 2.45) is 0 Å². The maximum absolute atomic E-state index is 12.7. The Kier molecular flexibility index (Phi) is 4.89. The van der Waals surface area contributed by atoms with Crippen LogP contribution in [0.1, 0.15) is 16.2 Å². The molecule has 1 aliphatic heterocycles. The highest BCUT2D eigenvalue weighted by molar-refractivity contribution is 9.10. The number of carbonyl (C=O) groups excluding carboxylic acids is 1. The third kappa shape index (κ3) is 3.71. The van der Waals surface area contributed by atoms with Gasteiger partial charge in [0.1, 0.15) is 23.8 Å². The van der Waals surface area contributed by atoms with E-state index in [1.807, 2.05) is 52.9 Å². The summed E-state index contributed by atoms with van der Waals surface area (Å²) in [5.74, 6) is 2.60. The second-order valence-electron chi connectivity index (χ2n) is 6.37. The first-order valence-corrected chi connectivity index (χ1v) is 9.53. The molecular formula is C19H19BrN6O. The molecule has 27 heavy (non-hydrogen) atoms. The van der Waals surface area contributed by atoms with Crippen molar-refractivity contribution in [1.82, 2.24) is 24.4 Å². The zero-order chi connectivity index (χ0) is 18.8. The number of amides is 1. The summed E-state index contributed by atoms with van der Waals surface area (Å²) in [4.78, 5) is 29.8. The SMILES string of the molecule is Cc1nccn1-c1cc(N2CCN(C(=O)c3cccc(Br)c3)CC2)ncn1. The molecule has 0 radical (unpaired) electrons. The molecule has 8 heteroatoms. The minimum absolute atomic E-state index is 0.0633. The van der Waals surface area contributed by atoms with Gasteiger partial charge in [0, 0.05) is 54.7 Å². The van der Waals surface area contributed by atoms with E-state index in [0.717, 1.165) is 35.0 Å². The van der Waals surface area contributed by atoms with E-state index in [9.17, 15) is 4.79 Å². The van der Waals surface area contributed by atoms with Gasteiger partial charge in [0.2, 0.25) is 0 Å². The quantitative estimate of drug-likeness (QED) is 0.643. The topological polar surface area (TPSA) is 67.2 Å². The molecule has 1 fully saturated rings. The van der Waals surface area contributed by atoms with Crippen molar-refractivity contribution < 1.29 is 4.79 Å². The Balaban J connectivity index is 1.45. The Morgan fingerprint density at radius 1 is 1.04 bits per heavy atom. The average Bonchev–Trinajstić information content (AvgIpc) is 3.13. The van der Waals surface area contributed by atoms with Crippen LogP contribution in [0.2, 0.25) is 0 Å². The first-order valence-electron chi connectivity index (χ1n) is 8.74. The molecule has 0 atom stereocenters. The van der Waals surface area contributed by atoms with Gasteiger partial charge >= 0.3 is 0 Å². The largest absolute Gasteiger partial charge is 0.353 e. The number of rotatable bonds is 3. The maximum atomic E-state index is 12.7. The van der Waals surface area contributed by atoms with Crippen LogP contribution in [0.4, 0.5) is 5.82 Å². The highest BCUT2D eigenvalue weighted by atomic mass is 79.9. The molecule has 1 saturated heterocycles. The van der Waals surface area contributed by atoms with E-state index in [-0.39, 0.29) is 5.91 Å². The third-order valence-corrected chi connectivity index (χ3v) is 5.17. The van der Waals surface area contributed by atoms with Gasteiger partial charge < -0.3 is 9.80 Å². The molecule has 138 valence electrons. The van der Waals surface area contributed by atoms with Crippen molar-refractivity contribution in [1.29, 1.82) is 0 Å². The number of aryl methyl sites for hydroxylation is 1. The van der Waals surface area contributed by atoms with Gasteiger partial charge in [-0.2, -0.15) is 0 Å². The van der Waals surface area contributed by atoms with Gasteiger partial charge in [-0.05, 0) is 25.1 Å². The Morgan fingerprint density at radius 3 is 2.52 bits per heavy atom. The van der Waals surface area contributed by atoms with Crippen LogP contribution >= 0.6 is 15.9 Å². The second-order valence-corrected chi connectivity index (χ2v) is 7.28. The van der Waals surface area contributed by atoms with Gasteiger partial charge in [-0.1, -0.05) is 22.0 Å². The van der Waals surface area contributed by atoms with Crippen LogP contribution in [0.5, 0.6) is 0 Å². The van der Waals surface area contributed by atoms with E-state index < -0.39 is 0 Å². The summed E-state index contributed by atoms with van der Waals surface area (Å²) >= 11 is 3.42. The van der Waals surface area contributed by atoms with Gasteiger partial charge in [0.15, 0.2) is 0 Å². The van der Waals surface area contributed by atoms with E-state index >= 15 is 0 Å². The number of aromatic nitrogens is 4. The molecule has 0 spiro atoms. The van der Waals surface area contributed by atoms with Gasteiger partial charge in [-0.15, -0.1) is 0 Å². The molecular weight excluding hydrogens is 408 g/mol. The first-order chi connectivity index (χ1) is 13.1. The molecule has 0 bridgehead atoms. The van der Waals surface area contributed by atoms with Crippen molar-refractivity contribution in [3.8, 4) is 5.82 Å². The summed E-state index contributed by atoms with van der Waals surface area (Å²) in [5.41, 5.74) is 0.706. The standard InChI is InChI=1S/C19H19BrN6O/c1-14-21-5-6-26(14)18-12-17(22-13-23-18)24-7-9-25(10-8-24)19(27)15-3-2-4-16(20)11-15/h2-6,11-13H,7-10H2,1H3. The molecule has 0 N–H and O–H groups in total. The first kappa shape index (κ1) is 17.7. The second kappa shape index (κ2) is 7.48. The van der Waals surface area contributed by atoms with Crippen molar-refractivity contribution in [2.45, 2.75) is 6.92 Å². The fraction of sp³-hybridized carbons (Fsp3) is 0.263. The fourth-order valence-electron chi connectivity index (χ4n) is 3.20. The number of nitrogens with zero attached hydrogens (tertiary/aromatic N) is 6. The fourth-order valence-corrected chi connectivity index (χ4v) is 3.60. The zero-order valence-electron chi connectivity index (χ0n) is 14.9. The van der Waals surface area contributed by atoms with Crippen LogP contribution in [-0.4, -0.2) is 56.5 Å². The predicted molar refractivity (Wildman–Crippen MR) is 106 cm³/mol.